The molecule has 0 unspecified atom stereocenters. The minimum atomic E-state index is -0.326. The molecule has 5 rings (SSSR count). The maximum atomic E-state index is 13.6. The van der Waals surface area contributed by atoms with Gasteiger partial charge in [0, 0.05) is 23.9 Å². The lowest BCUT2D eigenvalue weighted by molar-refractivity contribution is 0.0952. The Kier molecular flexibility index (Phi) is 5.75. The highest BCUT2D eigenvalue weighted by molar-refractivity contribution is 7.15. The molecule has 166 valence electrons. The van der Waals surface area contributed by atoms with Gasteiger partial charge in [-0.15, -0.1) is 16.4 Å². The van der Waals surface area contributed by atoms with Crippen molar-refractivity contribution < 1.29 is 13.9 Å². The van der Waals surface area contributed by atoms with E-state index in [0.29, 0.717) is 42.3 Å². The van der Waals surface area contributed by atoms with Crippen molar-refractivity contribution in [1.82, 2.24) is 19.9 Å². The van der Waals surface area contributed by atoms with Crippen molar-refractivity contribution in [2.24, 2.45) is 0 Å². The summed E-state index contributed by atoms with van der Waals surface area (Å²) in [6, 6.07) is 17.8. The van der Waals surface area contributed by atoms with E-state index in [0.717, 1.165) is 21.4 Å². The minimum Gasteiger partial charge on any atom is -0.493 e. The Morgan fingerprint density at radius 2 is 2.03 bits per heavy atom. The summed E-state index contributed by atoms with van der Waals surface area (Å²) in [5, 5.41) is 11.4. The van der Waals surface area contributed by atoms with E-state index in [9.17, 15) is 9.18 Å². The number of halogens is 1. The molecule has 1 amide bonds. The number of hydrogen-bond acceptors (Lipinski definition) is 5. The molecule has 0 bridgehead atoms. The van der Waals surface area contributed by atoms with E-state index in [4.69, 9.17) is 4.74 Å². The molecular weight excluding hydrogens is 439 g/mol. The Bertz CT molecular complexity index is 1460. The SMILES string of the molecule is CCOc1ccc2ccccc2c1C(=O)NCCc1csc2nc(-c3cccc(F)c3)nn12. The van der Waals surface area contributed by atoms with E-state index in [1.165, 1.54) is 23.5 Å². The lowest BCUT2D eigenvalue weighted by Gasteiger charge is -2.13. The highest BCUT2D eigenvalue weighted by Crippen LogP contribution is 2.28. The van der Waals surface area contributed by atoms with Crippen LogP contribution in [0.4, 0.5) is 4.39 Å². The number of fused-ring (bicyclic) bond motifs is 2. The number of nitrogens with one attached hydrogen (secondary N) is 1. The topological polar surface area (TPSA) is 68.5 Å². The Hall–Kier alpha value is -3.78. The molecule has 0 radical (unpaired) electrons. The molecule has 0 aliphatic heterocycles. The summed E-state index contributed by atoms with van der Waals surface area (Å²) in [5.74, 6) is 0.542. The second-order valence-electron chi connectivity index (χ2n) is 7.47. The number of benzene rings is 3. The molecule has 8 heteroatoms. The number of rotatable bonds is 7. The first-order valence-electron chi connectivity index (χ1n) is 10.7. The van der Waals surface area contributed by atoms with Crippen LogP contribution >= 0.6 is 11.3 Å². The van der Waals surface area contributed by atoms with Gasteiger partial charge < -0.3 is 10.1 Å². The summed E-state index contributed by atoms with van der Waals surface area (Å²) in [6.45, 7) is 2.80. The molecule has 5 aromatic rings. The molecule has 0 saturated heterocycles. The summed E-state index contributed by atoms with van der Waals surface area (Å²) in [5.41, 5.74) is 2.09. The number of thiazole rings is 1. The number of carbonyl (C=O) groups excluding carboxylic acids is 1. The Balaban J connectivity index is 1.34. The monoisotopic (exact) mass is 460 g/mol. The van der Waals surface area contributed by atoms with Gasteiger partial charge in [-0.1, -0.05) is 42.5 Å². The van der Waals surface area contributed by atoms with Crippen LogP contribution in [0.2, 0.25) is 0 Å². The number of amides is 1. The van der Waals surface area contributed by atoms with Gasteiger partial charge in [0.1, 0.15) is 11.6 Å². The largest absolute Gasteiger partial charge is 0.493 e. The number of hydrogen-bond donors (Lipinski definition) is 1. The van der Waals surface area contributed by atoms with E-state index in [2.05, 4.69) is 15.4 Å². The van der Waals surface area contributed by atoms with Crippen molar-refractivity contribution >= 4 is 33.0 Å². The van der Waals surface area contributed by atoms with Gasteiger partial charge in [0.05, 0.1) is 17.9 Å². The average molecular weight is 461 g/mol. The molecular formula is C25H21FN4O2S. The van der Waals surface area contributed by atoms with Gasteiger partial charge in [0.25, 0.3) is 5.91 Å². The van der Waals surface area contributed by atoms with E-state index in [1.54, 1.807) is 16.6 Å². The maximum Gasteiger partial charge on any atom is 0.255 e. The molecule has 1 N–H and O–H groups in total. The predicted octanol–water partition coefficient (Wildman–Crippen LogP) is 5.12. The molecule has 0 spiro atoms. The molecule has 2 heterocycles. The number of nitrogens with zero attached hydrogens (tertiary/aromatic N) is 3. The van der Waals surface area contributed by atoms with E-state index in [-0.39, 0.29) is 11.7 Å². The van der Waals surface area contributed by atoms with Crippen LogP contribution in [0.1, 0.15) is 23.0 Å². The minimum absolute atomic E-state index is 0.180. The summed E-state index contributed by atoms with van der Waals surface area (Å²) >= 11 is 1.46. The molecule has 0 saturated carbocycles. The van der Waals surface area contributed by atoms with Gasteiger partial charge in [-0.2, -0.15) is 4.98 Å². The quantitative estimate of drug-likeness (QED) is 0.366. The van der Waals surface area contributed by atoms with Gasteiger partial charge in [0.15, 0.2) is 5.82 Å². The first-order valence-corrected chi connectivity index (χ1v) is 11.5. The van der Waals surface area contributed by atoms with Crippen molar-refractivity contribution in [1.29, 1.82) is 0 Å². The maximum absolute atomic E-state index is 13.6. The summed E-state index contributed by atoms with van der Waals surface area (Å²) in [4.78, 5) is 18.3. The summed E-state index contributed by atoms with van der Waals surface area (Å²) in [6.07, 6.45) is 0.576. The molecule has 0 aliphatic carbocycles. The third-order valence-corrected chi connectivity index (χ3v) is 6.18. The van der Waals surface area contributed by atoms with Crippen molar-refractivity contribution in [3.05, 3.63) is 83.1 Å². The molecule has 0 aliphatic rings. The molecule has 33 heavy (non-hydrogen) atoms. The standard InChI is InChI=1S/C25H21FN4O2S/c1-2-32-21-11-10-16-6-3-4-9-20(16)22(21)24(31)27-13-12-19-15-33-25-28-23(29-30(19)25)17-7-5-8-18(26)14-17/h3-11,14-15H,2,12-13H2,1H3,(H,27,31). The van der Waals surface area contributed by atoms with E-state index < -0.39 is 0 Å². The first kappa shape index (κ1) is 21.1. The fourth-order valence-electron chi connectivity index (χ4n) is 3.80. The zero-order valence-corrected chi connectivity index (χ0v) is 18.7. The van der Waals surface area contributed by atoms with Crippen molar-refractivity contribution in [3.8, 4) is 17.1 Å². The fourth-order valence-corrected chi connectivity index (χ4v) is 4.66. The zero-order valence-electron chi connectivity index (χ0n) is 17.9. The van der Waals surface area contributed by atoms with Crippen LogP contribution in [0.15, 0.2) is 66.0 Å². The number of carbonyl (C=O) groups is 1. The zero-order chi connectivity index (χ0) is 22.8. The Morgan fingerprint density at radius 3 is 2.88 bits per heavy atom. The molecule has 0 fully saturated rings. The highest BCUT2D eigenvalue weighted by Gasteiger charge is 2.17. The van der Waals surface area contributed by atoms with Gasteiger partial charge in [-0.3, -0.25) is 4.79 Å². The van der Waals surface area contributed by atoms with Crippen LogP contribution in [0, 0.1) is 5.82 Å². The first-order chi connectivity index (χ1) is 16.1. The lowest BCUT2D eigenvalue weighted by Crippen LogP contribution is -2.26. The normalized spacial score (nSPS) is 11.2. The number of ether oxygens (including phenoxy) is 1. The van der Waals surface area contributed by atoms with Crippen LogP contribution in [0.25, 0.3) is 27.1 Å². The van der Waals surface area contributed by atoms with Crippen LogP contribution in [-0.4, -0.2) is 33.7 Å². The van der Waals surface area contributed by atoms with Gasteiger partial charge in [-0.25, -0.2) is 8.91 Å². The Labute approximate surface area is 193 Å². The van der Waals surface area contributed by atoms with Crippen molar-refractivity contribution in [2.75, 3.05) is 13.2 Å². The summed E-state index contributed by atoms with van der Waals surface area (Å²) in [7, 11) is 0. The van der Waals surface area contributed by atoms with Gasteiger partial charge in [-0.05, 0) is 35.9 Å². The van der Waals surface area contributed by atoms with Crippen LogP contribution in [0.3, 0.4) is 0 Å². The number of aromatic nitrogens is 3. The summed E-state index contributed by atoms with van der Waals surface area (Å²) < 4.78 is 21.0. The average Bonchev–Trinajstić information content (AvgIpc) is 3.41. The molecule has 0 atom stereocenters. The van der Waals surface area contributed by atoms with Crippen molar-refractivity contribution in [3.63, 3.8) is 0 Å². The second-order valence-corrected chi connectivity index (χ2v) is 8.30. The third-order valence-electron chi connectivity index (χ3n) is 5.32. The van der Waals surface area contributed by atoms with E-state index in [1.807, 2.05) is 48.7 Å². The van der Waals surface area contributed by atoms with Gasteiger partial charge in [0.2, 0.25) is 4.96 Å². The second kappa shape index (κ2) is 8.99. The third kappa shape index (κ3) is 4.17. The molecule has 6 nitrogen and oxygen atoms in total. The van der Waals surface area contributed by atoms with Crippen LogP contribution < -0.4 is 10.1 Å². The van der Waals surface area contributed by atoms with Crippen molar-refractivity contribution in [2.45, 2.75) is 13.3 Å². The molecule has 3 aromatic carbocycles. The molecule has 2 aromatic heterocycles. The fraction of sp³-hybridized carbons (Fsp3) is 0.160. The van der Waals surface area contributed by atoms with Crippen LogP contribution in [0.5, 0.6) is 5.75 Å². The highest BCUT2D eigenvalue weighted by atomic mass is 32.1. The van der Waals surface area contributed by atoms with E-state index >= 15 is 0 Å². The predicted molar refractivity (Wildman–Crippen MR) is 127 cm³/mol. The lowest BCUT2D eigenvalue weighted by atomic mass is 10.0. The smallest absolute Gasteiger partial charge is 0.255 e. The van der Waals surface area contributed by atoms with Crippen LogP contribution in [-0.2, 0) is 6.42 Å². The Morgan fingerprint density at radius 1 is 1.15 bits per heavy atom. The van der Waals surface area contributed by atoms with Gasteiger partial charge >= 0.3 is 0 Å².